The van der Waals surface area contributed by atoms with Crippen LogP contribution in [0, 0.1) is 20.8 Å². The van der Waals surface area contributed by atoms with Gasteiger partial charge in [0.2, 0.25) is 5.91 Å². The Labute approximate surface area is 209 Å². The predicted octanol–water partition coefficient (Wildman–Crippen LogP) is 4.95. The molecule has 5 rings (SSSR count). The first-order chi connectivity index (χ1) is 17.4. The molecule has 7 heteroatoms. The summed E-state index contributed by atoms with van der Waals surface area (Å²) in [6, 6.07) is 19.3. The summed E-state index contributed by atoms with van der Waals surface area (Å²) in [6.07, 6.45) is 0. The van der Waals surface area contributed by atoms with Crippen LogP contribution in [-0.2, 0) is 17.9 Å². The molecule has 2 N–H and O–H groups in total. The lowest BCUT2D eigenvalue weighted by Crippen LogP contribution is -2.31. The highest BCUT2D eigenvalue weighted by atomic mass is 16.6. The van der Waals surface area contributed by atoms with Gasteiger partial charge in [-0.1, -0.05) is 35.4 Å². The zero-order valence-electron chi connectivity index (χ0n) is 20.7. The number of amides is 1. The first kappa shape index (κ1) is 23.5. The van der Waals surface area contributed by atoms with E-state index in [1.54, 1.807) is 6.07 Å². The van der Waals surface area contributed by atoms with E-state index in [1.807, 2.05) is 75.4 Å². The van der Waals surface area contributed by atoms with Crippen molar-refractivity contribution in [2.75, 3.05) is 23.8 Å². The number of pyridine rings is 1. The average molecular weight is 484 g/mol. The number of hydrogen-bond acceptors (Lipinski definition) is 5. The van der Waals surface area contributed by atoms with Crippen LogP contribution >= 0.6 is 0 Å². The highest BCUT2D eigenvalue weighted by molar-refractivity contribution is 5.93. The van der Waals surface area contributed by atoms with Gasteiger partial charge in [-0.05, 0) is 56.7 Å². The number of benzene rings is 3. The lowest BCUT2D eigenvalue weighted by molar-refractivity contribution is -0.116. The van der Waals surface area contributed by atoms with Crippen molar-refractivity contribution in [1.82, 2.24) is 4.57 Å². The number of aryl methyl sites for hydroxylation is 3. The van der Waals surface area contributed by atoms with Gasteiger partial charge in [-0.15, -0.1) is 0 Å². The Hall–Kier alpha value is -4.26. The van der Waals surface area contributed by atoms with E-state index < -0.39 is 0 Å². The molecule has 184 valence electrons. The van der Waals surface area contributed by atoms with Crippen molar-refractivity contribution in [2.45, 2.75) is 33.9 Å². The van der Waals surface area contributed by atoms with Gasteiger partial charge in [0.05, 0.1) is 5.52 Å². The molecular weight excluding hydrogens is 454 g/mol. The second kappa shape index (κ2) is 9.77. The van der Waals surface area contributed by atoms with E-state index in [0.717, 1.165) is 33.5 Å². The third kappa shape index (κ3) is 4.91. The van der Waals surface area contributed by atoms with Gasteiger partial charge >= 0.3 is 0 Å². The first-order valence-corrected chi connectivity index (χ1v) is 12.0. The standard InChI is InChI=1S/C29H29N3O4/c1-18-4-7-23(8-5-18)30-16-22-13-21-14-26-27(36-11-10-35-26)15-25(21)32(29(22)34)17-28(33)31-24-9-6-19(2)12-20(24)3/h4-9,12-15,30H,10-11,16-17H2,1-3H3,(H,31,33). The quantitative estimate of drug-likeness (QED) is 0.406. The molecule has 0 atom stereocenters. The topological polar surface area (TPSA) is 81.6 Å². The molecule has 1 aliphatic heterocycles. The van der Waals surface area contributed by atoms with Crippen molar-refractivity contribution in [3.8, 4) is 11.5 Å². The van der Waals surface area contributed by atoms with Gasteiger partial charge in [0.15, 0.2) is 11.5 Å². The lowest BCUT2D eigenvalue weighted by Gasteiger charge is -2.21. The monoisotopic (exact) mass is 483 g/mol. The summed E-state index contributed by atoms with van der Waals surface area (Å²) in [6.45, 7) is 7.10. The fraction of sp³-hybridized carbons (Fsp3) is 0.241. The average Bonchev–Trinajstić information content (AvgIpc) is 2.86. The fourth-order valence-electron chi connectivity index (χ4n) is 4.41. The fourth-order valence-corrected chi connectivity index (χ4v) is 4.41. The molecule has 3 aromatic carbocycles. The molecule has 0 unspecified atom stereocenters. The highest BCUT2D eigenvalue weighted by Gasteiger charge is 2.18. The van der Waals surface area contributed by atoms with Gasteiger partial charge in [0.25, 0.3) is 5.56 Å². The second-order valence-electron chi connectivity index (χ2n) is 9.20. The molecule has 0 saturated heterocycles. The van der Waals surface area contributed by atoms with E-state index >= 15 is 0 Å². The van der Waals surface area contributed by atoms with Crippen LogP contribution in [0.1, 0.15) is 22.3 Å². The third-order valence-corrected chi connectivity index (χ3v) is 6.32. The minimum Gasteiger partial charge on any atom is -0.486 e. The lowest BCUT2D eigenvalue weighted by atomic mass is 10.1. The third-order valence-electron chi connectivity index (χ3n) is 6.32. The Balaban J connectivity index is 1.51. The van der Waals surface area contributed by atoms with Crippen molar-refractivity contribution in [2.24, 2.45) is 0 Å². The van der Waals surface area contributed by atoms with Gasteiger partial charge < -0.3 is 20.1 Å². The van der Waals surface area contributed by atoms with E-state index in [0.29, 0.717) is 42.3 Å². The van der Waals surface area contributed by atoms with Crippen LogP contribution < -0.4 is 25.7 Å². The molecule has 0 bridgehead atoms. The molecule has 1 aromatic heterocycles. The Kier molecular flexibility index (Phi) is 6.38. The zero-order valence-corrected chi connectivity index (χ0v) is 20.7. The molecule has 0 aliphatic carbocycles. The number of anilines is 2. The zero-order chi connectivity index (χ0) is 25.2. The largest absolute Gasteiger partial charge is 0.486 e. The van der Waals surface area contributed by atoms with E-state index in [2.05, 4.69) is 10.6 Å². The van der Waals surface area contributed by atoms with Gasteiger partial charge in [-0.2, -0.15) is 0 Å². The summed E-state index contributed by atoms with van der Waals surface area (Å²) in [5, 5.41) is 7.08. The van der Waals surface area contributed by atoms with Crippen LogP contribution in [-0.4, -0.2) is 23.7 Å². The summed E-state index contributed by atoms with van der Waals surface area (Å²) < 4.78 is 13.0. The Morgan fingerprint density at radius 3 is 2.31 bits per heavy atom. The maximum Gasteiger partial charge on any atom is 0.256 e. The van der Waals surface area contributed by atoms with Crippen LogP contribution in [0.15, 0.2) is 65.5 Å². The van der Waals surface area contributed by atoms with Crippen molar-refractivity contribution >= 4 is 28.2 Å². The predicted molar refractivity (Wildman–Crippen MR) is 142 cm³/mol. The number of fused-ring (bicyclic) bond motifs is 2. The summed E-state index contributed by atoms with van der Waals surface area (Å²) in [7, 11) is 0. The minimum atomic E-state index is -0.274. The van der Waals surface area contributed by atoms with E-state index in [-0.39, 0.29) is 18.0 Å². The van der Waals surface area contributed by atoms with Crippen LogP contribution in [0.2, 0.25) is 0 Å². The number of hydrogen-bond donors (Lipinski definition) is 2. The van der Waals surface area contributed by atoms with E-state index in [4.69, 9.17) is 9.47 Å². The van der Waals surface area contributed by atoms with Crippen molar-refractivity contribution in [3.63, 3.8) is 0 Å². The number of ether oxygens (including phenoxy) is 2. The maximum absolute atomic E-state index is 13.6. The van der Waals surface area contributed by atoms with Gasteiger partial charge in [-0.25, -0.2) is 0 Å². The second-order valence-corrected chi connectivity index (χ2v) is 9.20. The van der Waals surface area contributed by atoms with Crippen LogP contribution in [0.3, 0.4) is 0 Å². The van der Waals surface area contributed by atoms with E-state index in [1.165, 1.54) is 4.57 Å². The molecule has 36 heavy (non-hydrogen) atoms. The summed E-state index contributed by atoms with van der Waals surface area (Å²) in [4.78, 5) is 26.7. The van der Waals surface area contributed by atoms with Crippen LogP contribution in [0.4, 0.5) is 11.4 Å². The summed E-state index contributed by atoms with van der Waals surface area (Å²) >= 11 is 0. The SMILES string of the molecule is Cc1ccc(NCc2cc3cc4c(cc3n(CC(=O)Nc3ccc(C)cc3C)c2=O)OCCO4)cc1. The first-order valence-electron chi connectivity index (χ1n) is 12.0. The number of carbonyl (C=O) groups excluding carboxylic acids is 1. The highest BCUT2D eigenvalue weighted by Crippen LogP contribution is 2.34. The molecular formula is C29H29N3O4. The molecule has 0 radical (unpaired) electrons. The molecule has 1 amide bonds. The van der Waals surface area contributed by atoms with Gasteiger partial charge in [0, 0.05) is 34.9 Å². The van der Waals surface area contributed by atoms with Crippen molar-refractivity contribution < 1.29 is 14.3 Å². The number of aromatic nitrogens is 1. The van der Waals surface area contributed by atoms with Crippen LogP contribution in [0.5, 0.6) is 11.5 Å². The van der Waals surface area contributed by atoms with Gasteiger partial charge in [-0.3, -0.25) is 14.2 Å². The number of nitrogens with one attached hydrogen (secondary N) is 2. The van der Waals surface area contributed by atoms with Crippen molar-refractivity contribution in [3.05, 3.63) is 93.3 Å². The Bertz CT molecular complexity index is 1510. The summed E-state index contributed by atoms with van der Waals surface area (Å²) in [5.41, 5.74) is 5.85. The summed E-state index contributed by atoms with van der Waals surface area (Å²) in [5.74, 6) is 0.933. The van der Waals surface area contributed by atoms with Crippen molar-refractivity contribution in [1.29, 1.82) is 0 Å². The van der Waals surface area contributed by atoms with E-state index in [9.17, 15) is 9.59 Å². The van der Waals surface area contributed by atoms with Gasteiger partial charge in [0.1, 0.15) is 19.8 Å². The number of rotatable bonds is 6. The number of nitrogens with zero attached hydrogens (tertiary/aromatic N) is 1. The molecule has 7 nitrogen and oxygen atoms in total. The molecule has 4 aromatic rings. The Morgan fingerprint density at radius 1 is 0.889 bits per heavy atom. The molecule has 0 spiro atoms. The Morgan fingerprint density at radius 2 is 1.58 bits per heavy atom. The maximum atomic E-state index is 13.6. The molecule has 1 aliphatic rings. The molecule has 0 fully saturated rings. The smallest absolute Gasteiger partial charge is 0.256 e. The van der Waals surface area contributed by atoms with Crippen LogP contribution in [0.25, 0.3) is 10.9 Å². The molecule has 2 heterocycles. The minimum absolute atomic E-state index is 0.124. The normalized spacial score (nSPS) is 12.4. The number of carbonyl (C=O) groups is 1. The molecule has 0 saturated carbocycles.